The van der Waals surface area contributed by atoms with Gasteiger partial charge in [-0.2, -0.15) is 0 Å². The lowest BCUT2D eigenvalue weighted by Crippen LogP contribution is -2.24. The van der Waals surface area contributed by atoms with Crippen molar-refractivity contribution in [1.82, 2.24) is 10.3 Å². The van der Waals surface area contributed by atoms with Gasteiger partial charge < -0.3 is 5.32 Å². The molecule has 3 heteroatoms. The third-order valence-electron chi connectivity index (χ3n) is 3.34. The van der Waals surface area contributed by atoms with Crippen LogP contribution in [0.2, 0.25) is 0 Å². The Labute approximate surface area is 125 Å². The number of carbonyl (C=O) groups is 1. The van der Waals surface area contributed by atoms with Gasteiger partial charge in [-0.1, -0.05) is 37.3 Å². The van der Waals surface area contributed by atoms with E-state index < -0.39 is 0 Å². The number of nitrogens with zero attached hydrogens (tertiary/aromatic N) is 1. The Bertz CT molecular complexity index is 603. The Morgan fingerprint density at radius 1 is 1.24 bits per heavy atom. The number of aryl methyl sites for hydroxylation is 1. The van der Waals surface area contributed by atoms with Gasteiger partial charge in [0.2, 0.25) is 5.91 Å². The van der Waals surface area contributed by atoms with E-state index >= 15 is 0 Å². The van der Waals surface area contributed by atoms with E-state index in [2.05, 4.69) is 41.5 Å². The molecule has 0 aliphatic carbocycles. The Balaban J connectivity index is 1.93. The predicted octanol–water partition coefficient (Wildman–Crippen LogP) is 3.53. The van der Waals surface area contributed by atoms with Crippen LogP contribution in [0.15, 0.2) is 54.7 Å². The molecule has 2 aromatic rings. The molecule has 0 saturated heterocycles. The number of benzene rings is 1. The summed E-state index contributed by atoms with van der Waals surface area (Å²) in [7, 11) is 0. The molecule has 1 unspecified atom stereocenters. The molecule has 0 aliphatic heterocycles. The topological polar surface area (TPSA) is 42.0 Å². The summed E-state index contributed by atoms with van der Waals surface area (Å²) < 4.78 is 0. The number of hydrogen-bond acceptors (Lipinski definition) is 2. The molecule has 1 aromatic carbocycles. The van der Waals surface area contributed by atoms with Crippen molar-refractivity contribution in [2.45, 2.75) is 26.3 Å². The van der Waals surface area contributed by atoms with E-state index in [1.807, 2.05) is 25.1 Å². The monoisotopic (exact) mass is 280 g/mol. The average molecular weight is 280 g/mol. The first-order valence-electron chi connectivity index (χ1n) is 7.17. The summed E-state index contributed by atoms with van der Waals surface area (Å²) in [6.45, 7) is 4.11. The maximum absolute atomic E-state index is 11.9. The summed E-state index contributed by atoms with van der Waals surface area (Å²) in [6, 6.07) is 13.9. The summed E-state index contributed by atoms with van der Waals surface area (Å²) in [6.07, 6.45) is 5.95. The second-order valence-corrected chi connectivity index (χ2v) is 4.91. The molecule has 2 rings (SSSR count). The minimum Gasteiger partial charge on any atom is -0.346 e. The van der Waals surface area contributed by atoms with Crippen molar-refractivity contribution < 1.29 is 4.79 Å². The van der Waals surface area contributed by atoms with Crippen LogP contribution in [0.4, 0.5) is 0 Å². The van der Waals surface area contributed by atoms with Crippen LogP contribution in [0.25, 0.3) is 6.08 Å². The van der Waals surface area contributed by atoms with Crippen LogP contribution in [0.1, 0.15) is 36.7 Å². The smallest absolute Gasteiger partial charge is 0.244 e. The van der Waals surface area contributed by atoms with E-state index in [1.54, 1.807) is 12.3 Å². The predicted molar refractivity (Wildman–Crippen MR) is 85.6 cm³/mol. The van der Waals surface area contributed by atoms with Gasteiger partial charge in [0.1, 0.15) is 0 Å². The van der Waals surface area contributed by atoms with Gasteiger partial charge in [0.05, 0.1) is 11.7 Å². The summed E-state index contributed by atoms with van der Waals surface area (Å²) in [4.78, 5) is 16.0. The fourth-order valence-corrected chi connectivity index (χ4v) is 2.02. The van der Waals surface area contributed by atoms with E-state index in [-0.39, 0.29) is 11.9 Å². The number of aromatic nitrogens is 1. The standard InChI is InChI=1S/C18H20N2O/c1-3-15-7-9-16(10-8-15)14(2)20-18(21)12-11-17-6-4-5-13-19-17/h4-14H,3H2,1-2H3,(H,20,21)/b12-11+. The number of carbonyl (C=O) groups excluding carboxylic acids is 1. The van der Waals surface area contributed by atoms with Crippen LogP contribution in [-0.2, 0) is 11.2 Å². The van der Waals surface area contributed by atoms with Crippen molar-refractivity contribution >= 4 is 12.0 Å². The number of pyridine rings is 1. The van der Waals surface area contributed by atoms with Gasteiger partial charge in [-0.3, -0.25) is 9.78 Å². The van der Waals surface area contributed by atoms with Gasteiger partial charge in [-0.25, -0.2) is 0 Å². The minimum absolute atomic E-state index is 0.0169. The number of amides is 1. The summed E-state index contributed by atoms with van der Waals surface area (Å²) in [5.41, 5.74) is 3.17. The van der Waals surface area contributed by atoms with Crippen LogP contribution >= 0.6 is 0 Å². The van der Waals surface area contributed by atoms with Gasteiger partial charge in [0.15, 0.2) is 0 Å². The normalized spacial score (nSPS) is 12.3. The van der Waals surface area contributed by atoms with E-state index in [0.717, 1.165) is 17.7 Å². The van der Waals surface area contributed by atoms with Gasteiger partial charge >= 0.3 is 0 Å². The zero-order chi connectivity index (χ0) is 15.1. The molecule has 1 atom stereocenters. The molecule has 0 spiro atoms. The van der Waals surface area contributed by atoms with Crippen molar-refractivity contribution in [3.63, 3.8) is 0 Å². The molecule has 1 N–H and O–H groups in total. The molecular formula is C18H20N2O. The highest BCUT2D eigenvalue weighted by molar-refractivity contribution is 5.91. The highest BCUT2D eigenvalue weighted by atomic mass is 16.1. The summed E-state index contributed by atoms with van der Waals surface area (Å²) in [5, 5.41) is 2.95. The summed E-state index contributed by atoms with van der Waals surface area (Å²) >= 11 is 0. The average Bonchev–Trinajstić information content (AvgIpc) is 2.54. The van der Waals surface area contributed by atoms with Gasteiger partial charge in [0.25, 0.3) is 0 Å². The van der Waals surface area contributed by atoms with E-state index in [0.29, 0.717) is 0 Å². The molecule has 1 amide bonds. The largest absolute Gasteiger partial charge is 0.346 e. The summed E-state index contributed by atoms with van der Waals surface area (Å²) in [5.74, 6) is -0.118. The van der Waals surface area contributed by atoms with Crippen LogP contribution in [0, 0.1) is 0 Å². The number of hydrogen-bond donors (Lipinski definition) is 1. The Morgan fingerprint density at radius 2 is 2.00 bits per heavy atom. The maximum atomic E-state index is 11.9. The maximum Gasteiger partial charge on any atom is 0.244 e. The van der Waals surface area contributed by atoms with Crippen LogP contribution in [0.5, 0.6) is 0 Å². The molecule has 0 saturated carbocycles. The minimum atomic E-state index is -0.118. The fourth-order valence-electron chi connectivity index (χ4n) is 2.02. The molecule has 21 heavy (non-hydrogen) atoms. The molecule has 1 aromatic heterocycles. The lowest BCUT2D eigenvalue weighted by atomic mass is 10.1. The first-order chi connectivity index (χ1) is 10.2. The third kappa shape index (κ3) is 4.56. The first kappa shape index (κ1) is 15.0. The van der Waals surface area contributed by atoms with Gasteiger partial charge in [0, 0.05) is 12.3 Å². The van der Waals surface area contributed by atoms with Crippen molar-refractivity contribution in [3.05, 3.63) is 71.6 Å². The van der Waals surface area contributed by atoms with Gasteiger partial charge in [-0.05, 0) is 42.7 Å². The van der Waals surface area contributed by atoms with Crippen molar-refractivity contribution in [1.29, 1.82) is 0 Å². The van der Waals surface area contributed by atoms with Crippen LogP contribution in [-0.4, -0.2) is 10.9 Å². The molecule has 108 valence electrons. The molecule has 1 heterocycles. The van der Waals surface area contributed by atoms with E-state index in [4.69, 9.17) is 0 Å². The molecule has 0 fully saturated rings. The Kier molecular flexibility index (Phi) is 5.27. The lowest BCUT2D eigenvalue weighted by molar-refractivity contribution is -0.117. The van der Waals surface area contributed by atoms with Crippen LogP contribution in [0.3, 0.4) is 0 Å². The third-order valence-corrected chi connectivity index (χ3v) is 3.34. The number of rotatable bonds is 5. The highest BCUT2D eigenvalue weighted by Crippen LogP contribution is 2.13. The molecule has 3 nitrogen and oxygen atoms in total. The van der Waals surface area contributed by atoms with Crippen LogP contribution < -0.4 is 5.32 Å². The molecular weight excluding hydrogens is 260 g/mol. The second kappa shape index (κ2) is 7.39. The van der Waals surface area contributed by atoms with Crippen molar-refractivity contribution in [2.75, 3.05) is 0 Å². The van der Waals surface area contributed by atoms with Crippen molar-refractivity contribution in [2.24, 2.45) is 0 Å². The zero-order valence-corrected chi connectivity index (χ0v) is 12.4. The second-order valence-electron chi connectivity index (χ2n) is 4.91. The fraction of sp³-hybridized carbons (Fsp3) is 0.222. The molecule has 0 aliphatic rings. The Morgan fingerprint density at radius 3 is 2.62 bits per heavy atom. The zero-order valence-electron chi connectivity index (χ0n) is 12.4. The van der Waals surface area contributed by atoms with E-state index in [9.17, 15) is 4.79 Å². The van der Waals surface area contributed by atoms with Crippen molar-refractivity contribution in [3.8, 4) is 0 Å². The SMILES string of the molecule is CCc1ccc(C(C)NC(=O)/C=C/c2ccccn2)cc1. The molecule has 0 bridgehead atoms. The lowest BCUT2D eigenvalue weighted by Gasteiger charge is -2.13. The van der Waals surface area contributed by atoms with E-state index in [1.165, 1.54) is 11.6 Å². The first-order valence-corrected chi connectivity index (χ1v) is 7.17. The molecule has 0 radical (unpaired) electrons. The number of nitrogens with one attached hydrogen (secondary N) is 1. The Hall–Kier alpha value is -2.42. The quantitative estimate of drug-likeness (QED) is 0.851. The van der Waals surface area contributed by atoms with Gasteiger partial charge in [-0.15, -0.1) is 0 Å². The highest BCUT2D eigenvalue weighted by Gasteiger charge is 2.07.